The lowest BCUT2D eigenvalue weighted by molar-refractivity contribution is -0.135. The van der Waals surface area contributed by atoms with Crippen LogP contribution in [0.4, 0.5) is 0 Å². The van der Waals surface area contributed by atoms with Crippen molar-refractivity contribution in [3.8, 4) is 6.07 Å². The molecule has 1 aliphatic heterocycles. The molecule has 0 aromatic rings. The van der Waals surface area contributed by atoms with Crippen molar-refractivity contribution in [3.05, 3.63) is 0 Å². The van der Waals surface area contributed by atoms with E-state index in [0.717, 1.165) is 25.9 Å². The highest BCUT2D eigenvalue weighted by Gasteiger charge is 2.21. The predicted octanol–water partition coefficient (Wildman–Crippen LogP) is 1.33. The molecule has 1 heterocycles. The van der Waals surface area contributed by atoms with Gasteiger partial charge in [-0.2, -0.15) is 5.26 Å². The third kappa shape index (κ3) is 5.48. The molecule has 1 atom stereocenters. The predicted molar refractivity (Wildman–Crippen MR) is 66.9 cm³/mol. The molecule has 0 saturated carbocycles. The van der Waals surface area contributed by atoms with Crippen LogP contribution in [0, 0.1) is 11.3 Å². The summed E-state index contributed by atoms with van der Waals surface area (Å²) in [6.07, 6.45) is 4.03. The van der Waals surface area contributed by atoms with Gasteiger partial charge in [-0.3, -0.25) is 4.79 Å². The lowest BCUT2D eigenvalue weighted by Gasteiger charge is -2.26. The van der Waals surface area contributed by atoms with Crippen molar-refractivity contribution in [2.24, 2.45) is 0 Å². The molecule has 0 aromatic carbocycles. The van der Waals surface area contributed by atoms with Crippen molar-refractivity contribution in [1.82, 2.24) is 4.90 Å². The molecule has 0 aliphatic carbocycles. The molecule has 0 bridgehead atoms. The maximum Gasteiger partial charge on any atom is 0.225 e. The Morgan fingerprint density at radius 1 is 1.50 bits per heavy atom. The first-order valence-electron chi connectivity index (χ1n) is 6.53. The Labute approximate surface area is 109 Å². The van der Waals surface area contributed by atoms with Crippen molar-refractivity contribution in [3.63, 3.8) is 0 Å². The van der Waals surface area contributed by atoms with Gasteiger partial charge in [-0.15, -0.1) is 0 Å². The molecule has 1 aliphatic rings. The van der Waals surface area contributed by atoms with E-state index in [9.17, 15) is 4.79 Å². The highest BCUT2D eigenvalue weighted by atomic mass is 16.5. The maximum absolute atomic E-state index is 12.1. The standard InChI is InChI=1S/C13H22N2O3/c1-17-10-8-15(7-4-6-14)13(16)11-12-5-2-3-9-18-12/h12H,2-5,7-11H2,1H3. The minimum Gasteiger partial charge on any atom is -0.383 e. The van der Waals surface area contributed by atoms with Crippen molar-refractivity contribution < 1.29 is 14.3 Å². The molecule has 102 valence electrons. The SMILES string of the molecule is COCCN(CCC#N)C(=O)CC1CCCCO1. The van der Waals surface area contributed by atoms with E-state index in [0.29, 0.717) is 32.5 Å². The topological polar surface area (TPSA) is 62.6 Å². The quantitative estimate of drug-likeness (QED) is 0.687. The van der Waals surface area contributed by atoms with Crippen LogP contribution in [-0.4, -0.2) is 50.3 Å². The Hall–Kier alpha value is -1.12. The molecule has 5 heteroatoms. The molecule has 0 aromatic heterocycles. The number of rotatable bonds is 7. The van der Waals surface area contributed by atoms with Crippen molar-refractivity contribution in [1.29, 1.82) is 5.26 Å². The molecule has 1 unspecified atom stereocenters. The van der Waals surface area contributed by atoms with E-state index in [4.69, 9.17) is 14.7 Å². The lowest BCUT2D eigenvalue weighted by Crippen LogP contribution is -2.37. The number of amides is 1. The first kappa shape index (κ1) is 14.9. The summed E-state index contributed by atoms with van der Waals surface area (Å²) in [4.78, 5) is 13.8. The summed E-state index contributed by atoms with van der Waals surface area (Å²) < 4.78 is 10.5. The van der Waals surface area contributed by atoms with Crippen LogP contribution < -0.4 is 0 Å². The van der Waals surface area contributed by atoms with Gasteiger partial charge in [-0.05, 0) is 19.3 Å². The van der Waals surface area contributed by atoms with Crippen LogP contribution in [0.15, 0.2) is 0 Å². The molecule has 1 saturated heterocycles. The van der Waals surface area contributed by atoms with E-state index in [1.807, 2.05) is 0 Å². The number of hydrogen-bond donors (Lipinski definition) is 0. The molecule has 1 rings (SSSR count). The van der Waals surface area contributed by atoms with Crippen LogP contribution in [0.1, 0.15) is 32.1 Å². The third-order valence-electron chi connectivity index (χ3n) is 3.09. The maximum atomic E-state index is 12.1. The second-order valence-electron chi connectivity index (χ2n) is 4.47. The molecular weight excluding hydrogens is 232 g/mol. The van der Waals surface area contributed by atoms with Gasteiger partial charge in [-0.25, -0.2) is 0 Å². The minimum atomic E-state index is 0.0541. The van der Waals surface area contributed by atoms with Gasteiger partial charge in [0.05, 0.1) is 31.6 Å². The molecule has 5 nitrogen and oxygen atoms in total. The van der Waals surface area contributed by atoms with E-state index in [1.165, 1.54) is 0 Å². The van der Waals surface area contributed by atoms with Crippen LogP contribution in [0.25, 0.3) is 0 Å². The highest BCUT2D eigenvalue weighted by molar-refractivity contribution is 5.76. The molecule has 1 amide bonds. The fourth-order valence-electron chi connectivity index (χ4n) is 2.04. The Morgan fingerprint density at radius 3 is 2.94 bits per heavy atom. The Bertz CT molecular complexity index is 282. The number of methoxy groups -OCH3 is 1. The summed E-state index contributed by atoms with van der Waals surface area (Å²) in [5, 5.41) is 8.60. The van der Waals surface area contributed by atoms with Gasteiger partial charge in [0.2, 0.25) is 5.91 Å². The van der Waals surface area contributed by atoms with Gasteiger partial charge in [0.25, 0.3) is 0 Å². The smallest absolute Gasteiger partial charge is 0.225 e. The molecule has 0 radical (unpaired) electrons. The van der Waals surface area contributed by atoms with Crippen LogP contribution in [0.5, 0.6) is 0 Å². The molecule has 18 heavy (non-hydrogen) atoms. The van der Waals surface area contributed by atoms with Crippen LogP contribution in [0.2, 0.25) is 0 Å². The molecule has 0 spiro atoms. The van der Waals surface area contributed by atoms with Gasteiger partial charge >= 0.3 is 0 Å². The van der Waals surface area contributed by atoms with Gasteiger partial charge in [0.15, 0.2) is 0 Å². The van der Waals surface area contributed by atoms with E-state index < -0.39 is 0 Å². The number of carbonyl (C=O) groups excluding carboxylic acids is 1. The number of ether oxygens (including phenoxy) is 2. The second-order valence-corrected chi connectivity index (χ2v) is 4.47. The summed E-state index contributed by atoms with van der Waals surface area (Å²) >= 11 is 0. The van der Waals surface area contributed by atoms with Crippen LogP contribution in [-0.2, 0) is 14.3 Å². The Morgan fingerprint density at radius 2 is 2.33 bits per heavy atom. The molecule has 1 fully saturated rings. The number of hydrogen-bond acceptors (Lipinski definition) is 4. The largest absolute Gasteiger partial charge is 0.383 e. The first-order valence-corrected chi connectivity index (χ1v) is 6.53. The van der Waals surface area contributed by atoms with Crippen LogP contribution >= 0.6 is 0 Å². The minimum absolute atomic E-state index is 0.0541. The van der Waals surface area contributed by atoms with E-state index in [-0.39, 0.29) is 12.0 Å². The zero-order valence-electron chi connectivity index (χ0n) is 11.1. The van der Waals surface area contributed by atoms with E-state index in [1.54, 1.807) is 12.0 Å². The average Bonchev–Trinajstić information content (AvgIpc) is 2.40. The second kappa shape index (κ2) is 8.90. The van der Waals surface area contributed by atoms with E-state index >= 15 is 0 Å². The Balaban J connectivity index is 2.38. The van der Waals surface area contributed by atoms with Crippen molar-refractivity contribution in [2.75, 3.05) is 33.4 Å². The summed E-state index contributed by atoms with van der Waals surface area (Å²) in [5.41, 5.74) is 0. The monoisotopic (exact) mass is 254 g/mol. The summed E-state index contributed by atoms with van der Waals surface area (Å²) in [5.74, 6) is 0.0641. The van der Waals surface area contributed by atoms with Crippen LogP contribution in [0.3, 0.4) is 0 Å². The number of carbonyl (C=O) groups is 1. The zero-order valence-corrected chi connectivity index (χ0v) is 11.1. The van der Waals surface area contributed by atoms with Crippen molar-refractivity contribution >= 4 is 5.91 Å². The normalized spacial score (nSPS) is 19.2. The van der Waals surface area contributed by atoms with Gasteiger partial charge in [0.1, 0.15) is 0 Å². The fourth-order valence-corrected chi connectivity index (χ4v) is 2.04. The summed E-state index contributed by atoms with van der Waals surface area (Å²) in [7, 11) is 1.61. The average molecular weight is 254 g/mol. The summed E-state index contributed by atoms with van der Waals surface area (Å²) in [6, 6.07) is 2.07. The zero-order chi connectivity index (χ0) is 13.2. The highest BCUT2D eigenvalue weighted by Crippen LogP contribution is 2.16. The fraction of sp³-hybridized carbons (Fsp3) is 0.846. The molecular formula is C13H22N2O3. The van der Waals surface area contributed by atoms with Crippen molar-refractivity contribution in [2.45, 2.75) is 38.2 Å². The molecule has 0 N–H and O–H groups in total. The lowest BCUT2D eigenvalue weighted by atomic mass is 10.1. The summed E-state index contributed by atoms with van der Waals surface area (Å²) in [6.45, 7) is 2.28. The Kier molecular flexibility index (Phi) is 7.38. The first-order chi connectivity index (χ1) is 8.77. The number of nitriles is 1. The van der Waals surface area contributed by atoms with Gasteiger partial charge in [0, 0.05) is 26.8 Å². The van der Waals surface area contributed by atoms with Gasteiger partial charge in [-0.1, -0.05) is 0 Å². The van der Waals surface area contributed by atoms with E-state index in [2.05, 4.69) is 6.07 Å². The third-order valence-corrected chi connectivity index (χ3v) is 3.09. The van der Waals surface area contributed by atoms with Gasteiger partial charge < -0.3 is 14.4 Å². The number of nitrogens with zero attached hydrogens (tertiary/aromatic N) is 2.